The monoisotopic (exact) mass is 240 g/mol. The summed E-state index contributed by atoms with van der Waals surface area (Å²) in [7, 11) is 0. The summed E-state index contributed by atoms with van der Waals surface area (Å²) in [5.74, 6) is -0.207. The average molecular weight is 240 g/mol. The van der Waals surface area contributed by atoms with Gasteiger partial charge in [-0.1, -0.05) is 6.92 Å². The van der Waals surface area contributed by atoms with Crippen molar-refractivity contribution in [3.63, 3.8) is 0 Å². The number of nitrogens with two attached hydrogens (primary N) is 1. The molecule has 1 fully saturated rings. The molecule has 0 aliphatic carbocycles. The molecule has 1 aliphatic rings. The van der Waals surface area contributed by atoms with Crippen molar-refractivity contribution in [1.29, 1.82) is 0 Å². The van der Waals surface area contributed by atoms with E-state index in [2.05, 4.69) is 14.9 Å². The van der Waals surface area contributed by atoms with Crippen LogP contribution >= 0.6 is 0 Å². The third kappa shape index (κ3) is 2.55. The fourth-order valence-electron chi connectivity index (χ4n) is 1.82. The highest BCUT2D eigenvalue weighted by molar-refractivity contribution is 5.96. The van der Waals surface area contributed by atoms with Crippen molar-refractivity contribution >= 4 is 11.7 Å². The van der Waals surface area contributed by atoms with Gasteiger partial charge in [0.2, 0.25) is 11.5 Å². The Morgan fingerprint density at radius 2 is 2.41 bits per heavy atom. The van der Waals surface area contributed by atoms with Crippen LogP contribution in [0.2, 0.25) is 0 Å². The molecule has 2 heterocycles. The molecule has 2 N–H and O–H groups in total. The lowest BCUT2D eigenvalue weighted by Gasteiger charge is -2.22. The molecule has 1 amide bonds. The van der Waals surface area contributed by atoms with Crippen LogP contribution in [0, 0.1) is 0 Å². The summed E-state index contributed by atoms with van der Waals surface area (Å²) in [5, 5.41) is 6.94. The van der Waals surface area contributed by atoms with E-state index in [1.165, 1.54) is 0 Å². The minimum absolute atomic E-state index is 0.0354. The van der Waals surface area contributed by atoms with Gasteiger partial charge in [-0.25, -0.2) is 4.63 Å². The summed E-state index contributed by atoms with van der Waals surface area (Å²) in [6, 6.07) is 0. The lowest BCUT2D eigenvalue weighted by Crippen LogP contribution is -2.37. The van der Waals surface area contributed by atoms with Gasteiger partial charge in [0.05, 0.1) is 6.10 Å². The maximum Gasteiger partial charge on any atom is 0.280 e. The molecule has 0 saturated carbocycles. The molecular formula is C10H16N4O3. The molecule has 0 spiro atoms. The van der Waals surface area contributed by atoms with Crippen molar-refractivity contribution in [2.45, 2.75) is 25.9 Å². The molecule has 1 atom stereocenters. The number of amides is 1. The van der Waals surface area contributed by atoms with Crippen LogP contribution in [-0.4, -0.2) is 46.9 Å². The van der Waals surface area contributed by atoms with E-state index >= 15 is 0 Å². The predicted molar refractivity (Wildman–Crippen MR) is 59.3 cm³/mol. The Morgan fingerprint density at radius 1 is 1.59 bits per heavy atom. The molecule has 94 valence electrons. The molecule has 7 heteroatoms. The molecule has 17 heavy (non-hydrogen) atoms. The van der Waals surface area contributed by atoms with E-state index in [1.54, 1.807) is 4.90 Å². The number of anilines is 1. The second-order valence-corrected chi connectivity index (χ2v) is 4.00. The average Bonchev–Trinajstić information content (AvgIpc) is 2.63. The summed E-state index contributed by atoms with van der Waals surface area (Å²) in [6.07, 6.45) is 1.76. The van der Waals surface area contributed by atoms with Crippen LogP contribution in [0.1, 0.15) is 30.3 Å². The van der Waals surface area contributed by atoms with Gasteiger partial charge in [-0.15, -0.1) is 0 Å². The van der Waals surface area contributed by atoms with Gasteiger partial charge in [0.1, 0.15) is 0 Å². The van der Waals surface area contributed by atoms with Gasteiger partial charge in [-0.2, -0.15) is 0 Å². The fraction of sp³-hybridized carbons (Fsp3) is 0.700. The zero-order valence-corrected chi connectivity index (χ0v) is 9.76. The van der Waals surface area contributed by atoms with Crippen LogP contribution in [0.25, 0.3) is 0 Å². The molecule has 7 nitrogen and oxygen atoms in total. The highest BCUT2D eigenvalue weighted by Gasteiger charge is 2.26. The molecule has 1 aliphatic heterocycles. The highest BCUT2D eigenvalue weighted by atomic mass is 16.6. The first kappa shape index (κ1) is 11.8. The minimum atomic E-state index is -0.243. The third-order valence-corrected chi connectivity index (χ3v) is 2.81. The normalized spacial score (nSPS) is 21.2. The van der Waals surface area contributed by atoms with E-state index in [-0.39, 0.29) is 23.5 Å². The Hall–Kier alpha value is -1.63. The van der Waals surface area contributed by atoms with Crippen molar-refractivity contribution in [2.24, 2.45) is 0 Å². The van der Waals surface area contributed by atoms with Crippen molar-refractivity contribution in [3.8, 4) is 0 Å². The second-order valence-electron chi connectivity index (χ2n) is 4.00. The lowest BCUT2D eigenvalue weighted by molar-refractivity contribution is 0.0456. The number of nitrogen functional groups attached to an aromatic ring is 1. The number of ether oxygens (including phenoxy) is 1. The molecule has 1 aromatic heterocycles. The molecule has 1 aromatic rings. The highest BCUT2D eigenvalue weighted by Crippen LogP contribution is 2.14. The maximum atomic E-state index is 12.1. The standard InChI is InChI=1S/C10H16N4O3/c1-2-7-6-14(4-3-5-16-7)10(15)8-9(11)13-17-12-8/h7H,2-6H2,1H3,(H2,11,13). The Labute approximate surface area is 98.9 Å². The summed E-state index contributed by atoms with van der Waals surface area (Å²) >= 11 is 0. The number of carbonyl (C=O) groups excluding carboxylic acids is 1. The van der Waals surface area contributed by atoms with E-state index < -0.39 is 0 Å². The number of carbonyl (C=O) groups is 1. The maximum absolute atomic E-state index is 12.1. The zero-order valence-electron chi connectivity index (χ0n) is 9.76. The van der Waals surface area contributed by atoms with E-state index in [0.29, 0.717) is 19.7 Å². The van der Waals surface area contributed by atoms with Crippen LogP contribution in [0.15, 0.2) is 4.63 Å². The van der Waals surface area contributed by atoms with E-state index in [9.17, 15) is 4.79 Å². The van der Waals surface area contributed by atoms with Crippen LogP contribution in [0.5, 0.6) is 0 Å². The van der Waals surface area contributed by atoms with E-state index in [1.807, 2.05) is 6.92 Å². The first-order valence-electron chi connectivity index (χ1n) is 5.71. The number of hydrogen-bond acceptors (Lipinski definition) is 6. The van der Waals surface area contributed by atoms with E-state index in [0.717, 1.165) is 12.8 Å². The third-order valence-electron chi connectivity index (χ3n) is 2.81. The Kier molecular flexibility index (Phi) is 3.58. The number of rotatable bonds is 2. The summed E-state index contributed by atoms with van der Waals surface area (Å²) in [6.45, 7) is 3.91. The molecule has 0 radical (unpaired) electrons. The zero-order chi connectivity index (χ0) is 12.3. The predicted octanol–water partition coefficient (Wildman–Crippen LogP) is 0.293. The first-order valence-corrected chi connectivity index (χ1v) is 5.71. The number of nitrogens with zero attached hydrogens (tertiary/aromatic N) is 3. The summed E-state index contributed by atoms with van der Waals surface area (Å²) in [5.41, 5.74) is 5.59. The van der Waals surface area contributed by atoms with Gasteiger partial charge in [0, 0.05) is 19.7 Å². The Balaban J connectivity index is 2.10. The van der Waals surface area contributed by atoms with Gasteiger partial charge in [0.15, 0.2) is 0 Å². The topological polar surface area (TPSA) is 94.5 Å². The van der Waals surface area contributed by atoms with Gasteiger partial charge in [-0.3, -0.25) is 4.79 Å². The van der Waals surface area contributed by atoms with Crippen LogP contribution in [0.3, 0.4) is 0 Å². The lowest BCUT2D eigenvalue weighted by atomic mass is 10.2. The van der Waals surface area contributed by atoms with Crippen molar-refractivity contribution in [3.05, 3.63) is 5.69 Å². The van der Waals surface area contributed by atoms with Crippen molar-refractivity contribution < 1.29 is 14.2 Å². The Bertz CT molecular complexity index is 393. The summed E-state index contributed by atoms with van der Waals surface area (Å²) < 4.78 is 10.0. The second kappa shape index (κ2) is 5.13. The molecular weight excluding hydrogens is 224 g/mol. The van der Waals surface area contributed by atoms with Gasteiger partial charge in [0.25, 0.3) is 5.91 Å². The number of aromatic nitrogens is 2. The SMILES string of the molecule is CCC1CN(C(=O)c2nonc2N)CCCO1. The molecule has 0 aromatic carbocycles. The quantitative estimate of drug-likeness (QED) is 0.798. The molecule has 2 rings (SSSR count). The number of hydrogen-bond donors (Lipinski definition) is 1. The first-order chi connectivity index (χ1) is 8.22. The summed E-state index contributed by atoms with van der Waals surface area (Å²) in [4.78, 5) is 13.8. The fourth-order valence-corrected chi connectivity index (χ4v) is 1.82. The smallest absolute Gasteiger partial charge is 0.280 e. The largest absolute Gasteiger partial charge is 0.379 e. The minimum Gasteiger partial charge on any atom is -0.379 e. The van der Waals surface area contributed by atoms with E-state index in [4.69, 9.17) is 10.5 Å². The van der Waals surface area contributed by atoms with Crippen molar-refractivity contribution in [2.75, 3.05) is 25.4 Å². The van der Waals surface area contributed by atoms with Crippen molar-refractivity contribution in [1.82, 2.24) is 15.2 Å². The molecule has 1 unspecified atom stereocenters. The molecule has 0 bridgehead atoms. The van der Waals surface area contributed by atoms with Crippen LogP contribution in [0.4, 0.5) is 5.82 Å². The Morgan fingerprint density at radius 3 is 3.06 bits per heavy atom. The van der Waals surface area contributed by atoms with Gasteiger partial charge < -0.3 is 15.4 Å². The van der Waals surface area contributed by atoms with Crippen LogP contribution in [-0.2, 0) is 4.74 Å². The van der Waals surface area contributed by atoms with Gasteiger partial charge in [-0.05, 0) is 23.2 Å². The van der Waals surface area contributed by atoms with Gasteiger partial charge >= 0.3 is 0 Å². The van der Waals surface area contributed by atoms with Crippen LogP contribution < -0.4 is 5.73 Å². The molecule has 1 saturated heterocycles.